The van der Waals surface area contributed by atoms with E-state index in [2.05, 4.69) is 21.2 Å². The molecule has 0 aliphatic carbocycles. The van der Waals surface area contributed by atoms with Gasteiger partial charge in [-0.25, -0.2) is 0 Å². The number of aliphatic hydroxyl groups excluding tert-OH is 2. The smallest absolute Gasteiger partial charge is 0.264 e. The molecular formula is C41H49BrN4O7. The molecule has 11 nitrogen and oxygen atoms in total. The molecule has 1 saturated heterocycles. The third-order valence-electron chi connectivity index (χ3n) is 10.6. The van der Waals surface area contributed by atoms with Crippen LogP contribution in [-0.4, -0.2) is 82.9 Å². The van der Waals surface area contributed by atoms with E-state index in [1.807, 2.05) is 61.5 Å². The number of nitrogens with one attached hydrogen (secondary N) is 1. The molecule has 4 N–H and O–H groups in total. The summed E-state index contributed by atoms with van der Waals surface area (Å²) in [4.78, 5) is 46.0. The van der Waals surface area contributed by atoms with Gasteiger partial charge in [0, 0.05) is 41.2 Å². The summed E-state index contributed by atoms with van der Waals surface area (Å²) in [5.41, 5.74) is 2.50. The Bertz CT molecular complexity index is 1840. The summed E-state index contributed by atoms with van der Waals surface area (Å²) in [6.45, 7) is 5.70. The van der Waals surface area contributed by atoms with E-state index in [0.717, 1.165) is 46.3 Å². The molecule has 3 aliphatic heterocycles. The minimum Gasteiger partial charge on any atom is -0.494 e. The number of amides is 3. The van der Waals surface area contributed by atoms with Gasteiger partial charge in [0.25, 0.3) is 5.91 Å². The average Bonchev–Trinajstić information content (AvgIpc) is 3.72. The number of likely N-dealkylation sites (tertiary alicyclic amines) is 1. The number of hydrogen-bond donors (Lipinski definition) is 4. The van der Waals surface area contributed by atoms with Crippen molar-refractivity contribution in [3.8, 4) is 5.75 Å². The van der Waals surface area contributed by atoms with Gasteiger partial charge in [-0.05, 0) is 105 Å². The minimum absolute atomic E-state index is 0.0604. The summed E-state index contributed by atoms with van der Waals surface area (Å²) in [6.07, 6.45) is 7.12. The molecule has 0 spiro atoms. The number of ether oxygens (including phenoxy) is 1. The first-order chi connectivity index (χ1) is 25.6. The largest absolute Gasteiger partial charge is 0.494 e. The maximum absolute atomic E-state index is 14.2. The van der Waals surface area contributed by atoms with Crippen molar-refractivity contribution >= 4 is 50.7 Å². The molecular weight excluding hydrogens is 740 g/mol. The van der Waals surface area contributed by atoms with Crippen molar-refractivity contribution in [3.05, 3.63) is 94.0 Å². The van der Waals surface area contributed by atoms with Gasteiger partial charge in [-0.1, -0.05) is 47.1 Å². The van der Waals surface area contributed by atoms with Crippen LogP contribution in [0.15, 0.2) is 77.3 Å². The van der Waals surface area contributed by atoms with Crippen molar-refractivity contribution in [1.82, 2.24) is 10.2 Å². The van der Waals surface area contributed by atoms with Crippen molar-refractivity contribution in [3.63, 3.8) is 0 Å². The van der Waals surface area contributed by atoms with Crippen molar-refractivity contribution in [1.29, 1.82) is 0 Å². The molecule has 3 aromatic carbocycles. The highest BCUT2D eigenvalue weighted by Crippen LogP contribution is 2.47. The molecule has 6 rings (SSSR count). The first-order valence-corrected chi connectivity index (χ1v) is 19.3. The molecule has 4 atom stereocenters. The number of anilines is 3. The molecule has 12 heteroatoms. The number of unbranched alkanes of at least 4 members (excludes halogenated alkanes) is 1. The van der Waals surface area contributed by atoms with Crippen LogP contribution in [0.2, 0.25) is 0 Å². The highest BCUT2D eigenvalue weighted by Gasteiger charge is 2.52. The Balaban J connectivity index is 1.21. The zero-order valence-corrected chi connectivity index (χ0v) is 31.9. The molecule has 3 amide bonds. The van der Waals surface area contributed by atoms with E-state index in [4.69, 9.17) is 4.74 Å². The number of fused-ring (bicyclic) bond motifs is 2. The number of aliphatic hydroxyl groups is 3. The van der Waals surface area contributed by atoms with E-state index in [0.29, 0.717) is 49.5 Å². The number of halogens is 1. The lowest BCUT2D eigenvalue weighted by Gasteiger charge is -2.35. The van der Waals surface area contributed by atoms with Crippen molar-refractivity contribution in [2.45, 2.75) is 76.6 Å². The molecule has 0 aromatic heterocycles. The second-order valence-corrected chi connectivity index (χ2v) is 14.9. The number of benzene rings is 3. The van der Waals surface area contributed by atoms with Crippen LogP contribution in [-0.2, 0) is 33.0 Å². The van der Waals surface area contributed by atoms with E-state index in [9.17, 15) is 29.7 Å². The first-order valence-electron chi connectivity index (χ1n) is 18.5. The Morgan fingerprint density at radius 1 is 1.08 bits per heavy atom. The van der Waals surface area contributed by atoms with Gasteiger partial charge in [-0.3, -0.25) is 19.3 Å². The second-order valence-electron chi connectivity index (χ2n) is 14.0. The van der Waals surface area contributed by atoms with Gasteiger partial charge in [-0.2, -0.15) is 0 Å². The number of hydrogen-bond acceptors (Lipinski definition) is 8. The Kier molecular flexibility index (Phi) is 12.4. The highest BCUT2D eigenvalue weighted by atomic mass is 79.9. The third-order valence-corrected chi connectivity index (χ3v) is 11.1. The zero-order chi connectivity index (χ0) is 37.7. The van der Waals surface area contributed by atoms with Crippen molar-refractivity contribution in [2.24, 2.45) is 5.92 Å². The molecule has 282 valence electrons. The Labute approximate surface area is 319 Å². The average molecular weight is 790 g/mol. The van der Waals surface area contributed by atoms with Crippen molar-refractivity contribution in [2.75, 3.05) is 42.7 Å². The predicted octanol–water partition coefficient (Wildman–Crippen LogP) is 5.10. The molecule has 3 aromatic rings. The van der Waals surface area contributed by atoms with E-state index in [-0.39, 0.29) is 44.0 Å². The minimum atomic E-state index is -1.86. The molecule has 53 heavy (non-hydrogen) atoms. The lowest BCUT2D eigenvalue weighted by atomic mass is 9.83. The molecule has 0 saturated carbocycles. The monoisotopic (exact) mass is 788 g/mol. The number of nitrogens with zero attached hydrogens (tertiary/aromatic N) is 3. The predicted molar refractivity (Wildman–Crippen MR) is 207 cm³/mol. The lowest BCUT2D eigenvalue weighted by molar-refractivity contribution is -0.139. The van der Waals surface area contributed by atoms with E-state index in [1.165, 1.54) is 0 Å². The third kappa shape index (κ3) is 7.93. The molecule has 0 radical (unpaired) electrons. The maximum atomic E-state index is 14.2. The fraction of sp³-hybridized carbons (Fsp3) is 0.439. The maximum Gasteiger partial charge on any atom is 0.264 e. The summed E-state index contributed by atoms with van der Waals surface area (Å²) in [6, 6.07) is 18.1. The van der Waals surface area contributed by atoms with Crippen molar-refractivity contribution < 1.29 is 34.4 Å². The Morgan fingerprint density at radius 2 is 1.85 bits per heavy atom. The summed E-state index contributed by atoms with van der Waals surface area (Å²) in [5.74, 6) is -0.519. The fourth-order valence-electron chi connectivity index (χ4n) is 7.71. The van der Waals surface area contributed by atoms with Crippen LogP contribution in [0, 0.1) is 5.92 Å². The van der Waals surface area contributed by atoms with Crippen LogP contribution in [0.5, 0.6) is 5.75 Å². The van der Waals surface area contributed by atoms with Crippen LogP contribution < -0.4 is 19.9 Å². The van der Waals surface area contributed by atoms with Gasteiger partial charge >= 0.3 is 0 Å². The van der Waals surface area contributed by atoms with Gasteiger partial charge in [0.1, 0.15) is 5.75 Å². The summed E-state index contributed by atoms with van der Waals surface area (Å²) < 4.78 is 6.49. The highest BCUT2D eigenvalue weighted by molar-refractivity contribution is 9.10. The molecule has 0 bridgehead atoms. The van der Waals surface area contributed by atoms with Gasteiger partial charge in [-0.15, -0.1) is 0 Å². The van der Waals surface area contributed by atoms with Crippen LogP contribution in [0.3, 0.4) is 0 Å². The summed E-state index contributed by atoms with van der Waals surface area (Å²) >= 11 is 3.51. The number of rotatable bonds is 15. The van der Waals surface area contributed by atoms with Crippen LogP contribution in [0.1, 0.15) is 62.6 Å². The van der Waals surface area contributed by atoms with E-state index in [1.54, 1.807) is 39.8 Å². The fourth-order valence-corrected chi connectivity index (χ4v) is 8.07. The topological polar surface area (TPSA) is 143 Å². The number of carbonyl (C=O) groups excluding carboxylic acids is 3. The van der Waals surface area contributed by atoms with Gasteiger partial charge in [0.05, 0.1) is 43.2 Å². The lowest BCUT2D eigenvalue weighted by Crippen LogP contribution is -2.49. The number of carbonyl (C=O) groups is 3. The first kappa shape index (κ1) is 38.6. The zero-order valence-electron chi connectivity index (χ0n) is 30.3. The van der Waals surface area contributed by atoms with Crippen LogP contribution >= 0.6 is 15.9 Å². The Hall–Kier alpha value is -4.07. The normalized spacial score (nSPS) is 21.7. The van der Waals surface area contributed by atoms with Crippen LogP contribution in [0.25, 0.3) is 0 Å². The Morgan fingerprint density at radius 3 is 2.58 bits per heavy atom. The van der Waals surface area contributed by atoms with Gasteiger partial charge in [0.15, 0.2) is 5.60 Å². The van der Waals surface area contributed by atoms with E-state index < -0.39 is 23.5 Å². The quantitative estimate of drug-likeness (QED) is 0.123. The molecule has 1 unspecified atom stereocenters. The van der Waals surface area contributed by atoms with Gasteiger partial charge < -0.3 is 35.2 Å². The standard InChI is InChI=1S/C41H49BrN4O7/c1-3-53-33-16-18-36-29(22-33)23-35(43-19-4-5-21-47)39(50)46(36)31-14-11-28(12-15-31)25-45-37-17-13-30(42)24-34(37)41(52,40(45)51)27(2)8-6-10-38(49)44-20-7-9-32(44)26-48/h6,8,11-18,22,24,27,32,35,43,47-48,52H,3-5,7,9-10,19-21,23,25-26H2,1-2H3/b8-6+/t27-,32+,35?,41+/m1/s1. The van der Waals surface area contributed by atoms with E-state index >= 15 is 0 Å². The summed E-state index contributed by atoms with van der Waals surface area (Å²) in [7, 11) is 0. The molecule has 3 heterocycles. The van der Waals surface area contributed by atoms with Crippen LogP contribution in [0.4, 0.5) is 17.1 Å². The SMILES string of the molecule is CCOc1ccc2c(c1)CC(NCCCCO)C(=O)N2c1ccc(CN2C(=O)[C@](O)([C@H](C)/C=C/CC(=O)N3CCC[C@H]3CO)c3cc(Br)ccc32)cc1. The molecule has 1 fully saturated rings. The second kappa shape index (κ2) is 16.9. The van der Waals surface area contributed by atoms with Gasteiger partial charge in [0.2, 0.25) is 11.8 Å². The molecule has 3 aliphatic rings. The summed E-state index contributed by atoms with van der Waals surface area (Å²) in [5, 5.41) is 34.4.